The van der Waals surface area contributed by atoms with E-state index in [9.17, 15) is 5.26 Å². The van der Waals surface area contributed by atoms with E-state index in [2.05, 4.69) is 6.07 Å². The van der Waals surface area contributed by atoms with Gasteiger partial charge in [-0.15, -0.1) is 0 Å². The molecule has 6 heteroatoms. The van der Waals surface area contributed by atoms with Gasteiger partial charge >= 0.3 is 0 Å². The van der Waals surface area contributed by atoms with Crippen LogP contribution in [0, 0.1) is 30.6 Å². The van der Waals surface area contributed by atoms with Crippen molar-refractivity contribution in [2.24, 2.45) is 11.5 Å². The topological polar surface area (TPSA) is 118 Å². The Bertz CT molecular complexity index is 785. The first-order valence-corrected chi connectivity index (χ1v) is 7.10. The zero-order valence-electron chi connectivity index (χ0n) is 13.7. The van der Waals surface area contributed by atoms with Gasteiger partial charge in [0.2, 0.25) is 5.88 Å². The van der Waals surface area contributed by atoms with E-state index in [0.717, 1.165) is 22.4 Å². The third kappa shape index (κ3) is 2.61. The first-order chi connectivity index (χ1) is 10.8. The second-order valence-corrected chi connectivity index (χ2v) is 5.43. The molecule has 1 atom stereocenters. The summed E-state index contributed by atoms with van der Waals surface area (Å²) in [5.74, 6) is 0.287. The van der Waals surface area contributed by atoms with Crippen LogP contribution in [0.15, 0.2) is 35.0 Å². The molecule has 1 heterocycles. The van der Waals surface area contributed by atoms with Crippen LogP contribution in [0.3, 0.4) is 0 Å². The number of hydrogen-bond acceptors (Lipinski definition) is 6. The molecule has 0 saturated heterocycles. The number of nitrogens with one attached hydrogen (secondary N) is 1. The Hall–Kier alpha value is -2.94. The van der Waals surface area contributed by atoms with E-state index in [4.69, 9.17) is 26.4 Å². The van der Waals surface area contributed by atoms with Gasteiger partial charge in [-0.05, 0) is 43.5 Å². The molecule has 0 spiro atoms. The Balaban J connectivity index is 2.75. The molecule has 0 fully saturated rings. The molecule has 0 saturated carbocycles. The van der Waals surface area contributed by atoms with Crippen molar-refractivity contribution in [3.63, 3.8) is 0 Å². The van der Waals surface area contributed by atoms with Gasteiger partial charge in [0, 0.05) is 11.3 Å². The van der Waals surface area contributed by atoms with Crippen LogP contribution in [0.4, 0.5) is 0 Å². The van der Waals surface area contributed by atoms with Crippen molar-refractivity contribution in [3.05, 3.63) is 51.7 Å². The highest BCUT2D eigenvalue weighted by Gasteiger charge is 2.34. The standard InChI is InChI=1S/C17H20N4O2/c1-8-9(2)13(22-4)6-5-11(8)15-12(7-18)16(20)23-17(21)14(15)10(3)19/h5-6,15,19H,20-21H2,1-4H3. The molecule has 0 aliphatic carbocycles. The summed E-state index contributed by atoms with van der Waals surface area (Å²) in [5, 5.41) is 17.5. The highest BCUT2D eigenvalue weighted by molar-refractivity contribution is 5.99. The summed E-state index contributed by atoms with van der Waals surface area (Å²) in [5.41, 5.74) is 15.5. The number of nitrogens with two attached hydrogens (primary N) is 2. The highest BCUT2D eigenvalue weighted by atomic mass is 16.5. The monoisotopic (exact) mass is 312 g/mol. The molecule has 1 unspecified atom stereocenters. The first kappa shape index (κ1) is 16.4. The van der Waals surface area contributed by atoms with Gasteiger partial charge < -0.3 is 26.4 Å². The van der Waals surface area contributed by atoms with E-state index in [1.54, 1.807) is 14.0 Å². The van der Waals surface area contributed by atoms with Gasteiger partial charge in [0.25, 0.3) is 0 Å². The van der Waals surface area contributed by atoms with E-state index in [-0.39, 0.29) is 23.1 Å². The van der Waals surface area contributed by atoms with Crippen LogP contribution in [-0.4, -0.2) is 12.8 Å². The van der Waals surface area contributed by atoms with E-state index in [1.165, 1.54) is 0 Å². The smallest absolute Gasteiger partial charge is 0.207 e. The van der Waals surface area contributed by atoms with Crippen molar-refractivity contribution >= 4 is 5.71 Å². The summed E-state index contributed by atoms with van der Waals surface area (Å²) >= 11 is 0. The normalized spacial score (nSPS) is 17.6. The number of ether oxygens (including phenoxy) is 2. The van der Waals surface area contributed by atoms with E-state index in [1.807, 2.05) is 26.0 Å². The van der Waals surface area contributed by atoms with Crippen LogP contribution in [0.25, 0.3) is 0 Å². The number of allylic oxidation sites excluding steroid dienone is 2. The lowest BCUT2D eigenvalue weighted by Crippen LogP contribution is -2.27. The lowest BCUT2D eigenvalue weighted by Gasteiger charge is -2.28. The second-order valence-electron chi connectivity index (χ2n) is 5.43. The molecule has 1 aromatic carbocycles. The van der Waals surface area contributed by atoms with Crippen molar-refractivity contribution in [1.82, 2.24) is 0 Å². The molecule has 0 radical (unpaired) electrons. The molecule has 1 aliphatic rings. The number of methoxy groups -OCH3 is 1. The van der Waals surface area contributed by atoms with Gasteiger partial charge in [-0.1, -0.05) is 6.07 Å². The lowest BCUT2D eigenvalue weighted by atomic mass is 9.79. The molecule has 0 aromatic heterocycles. The third-order valence-corrected chi connectivity index (χ3v) is 4.16. The van der Waals surface area contributed by atoms with Gasteiger partial charge in [0.05, 0.1) is 13.0 Å². The number of hydrogen-bond donors (Lipinski definition) is 3. The van der Waals surface area contributed by atoms with Gasteiger partial charge in [-0.2, -0.15) is 5.26 Å². The van der Waals surface area contributed by atoms with E-state index >= 15 is 0 Å². The second kappa shape index (κ2) is 6.05. The molecule has 2 rings (SSSR count). The average molecular weight is 312 g/mol. The number of nitrogens with zero attached hydrogens (tertiary/aromatic N) is 1. The van der Waals surface area contributed by atoms with E-state index < -0.39 is 5.92 Å². The van der Waals surface area contributed by atoms with Crippen LogP contribution in [0.5, 0.6) is 5.75 Å². The summed E-state index contributed by atoms with van der Waals surface area (Å²) in [6.07, 6.45) is 0. The third-order valence-electron chi connectivity index (χ3n) is 4.16. The van der Waals surface area contributed by atoms with Crippen molar-refractivity contribution in [2.75, 3.05) is 7.11 Å². The number of nitriles is 1. The van der Waals surface area contributed by atoms with Crippen LogP contribution in [0.2, 0.25) is 0 Å². The molecule has 1 aromatic rings. The lowest BCUT2D eigenvalue weighted by molar-refractivity contribution is 0.277. The SMILES string of the molecule is COc1ccc(C2C(C#N)=C(N)OC(N)=C2C(C)=N)c(C)c1C. The molecule has 0 bridgehead atoms. The van der Waals surface area contributed by atoms with Crippen LogP contribution >= 0.6 is 0 Å². The molecule has 5 N–H and O–H groups in total. The van der Waals surface area contributed by atoms with Gasteiger partial charge in [-0.25, -0.2) is 0 Å². The largest absolute Gasteiger partial charge is 0.496 e. The summed E-state index contributed by atoms with van der Waals surface area (Å²) in [6.45, 7) is 5.50. The Morgan fingerprint density at radius 3 is 2.43 bits per heavy atom. The Labute approximate surface area is 135 Å². The van der Waals surface area contributed by atoms with Crippen molar-refractivity contribution in [3.8, 4) is 11.8 Å². The predicted molar refractivity (Wildman–Crippen MR) is 87.7 cm³/mol. The maximum absolute atomic E-state index is 9.51. The first-order valence-electron chi connectivity index (χ1n) is 7.10. The maximum Gasteiger partial charge on any atom is 0.207 e. The van der Waals surface area contributed by atoms with Gasteiger partial charge in [0.1, 0.15) is 17.4 Å². The van der Waals surface area contributed by atoms with Crippen molar-refractivity contribution in [2.45, 2.75) is 26.7 Å². The fraction of sp³-hybridized carbons (Fsp3) is 0.294. The van der Waals surface area contributed by atoms with Gasteiger partial charge in [0.15, 0.2) is 5.88 Å². The Morgan fingerprint density at radius 2 is 1.91 bits per heavy atom. The summed E-state index contributed by atoms with van der Waals surface area (Å²) < 4.78 is 10.6. The molecular weight excluding hydrogens is 292 g/mol. The minimum absolute atomic E-state index is 0.0205. The quantitative estimate of drug-likeness (QED) is 0.740. The zero-order chi connectivity index (χ0) is 17.3. The maximum atomic E-state index is 9.51. The average Bonchev–Trinajstić information content (AvgIpc) is 2.49. The van der Waals surface area contributed by atoms with Crippen molar-refractivity contribution < 1.29 is 9.47 Å². The number of rotatable bonds is 3. The number of benzene rings is 1. The predicted octanol–water partition coefficient (Wildman–Crippen LogP) is 2.33. The highest BCUT2D eigenvalue weighted by Crippen LogP contribution is 2.41. The van der Waals surface area contributed by atoms with Crippen molar-refractivity contribution in [1.29, 1.82) is 10.7 Å². The molecule has 6 nitrogen and oxygen atoms in total. The van der Waals surface area contributed by atoms with Crippen LogP contribution in [0.1, 0.15) is 29.5 Å². The minimum Gasteiger partial charge on any atom is -0.496 e. The minimum atomic E-state index is -0.518. The Morgan fingerprint density at radius 1 is 1.26 bits per heavy atom. The van der Waals surface area contributed by atoms with E-state index in [0.29, 0.717) is 5.57 Å². The summed E-state index contributed by atoms with van der Waals surface area (Å²) in [7, 11) is 1.61. The fourth-order valence-electron chi connectivity index (χ4n) is 2.84. The van der Waals surface area contributed by atoms with Gasteiger partial charge in [-0.3, -0.25) is 0 Å². The van der Waals surface area contributed by atoms with Crippen LogP contribution in [-0.2, 0) is 4.74 Å². The molecule has 1 aliphatic heterocycles. The molecular formula is C17H20N4O2. The summed E-state index contributed by atoms with van der Waals surface area (Å²) in [4.78, 5) is 0. The molecule has 0 amide bonds. The molecule has 120 valence electrons. The Kier molecular flexibility index (Phi) is 4.32. The van der Waals surface area contributed by atoms with Crippen LogP contribution < -0.4 is 16.2 Å². The zero-order valence-corrected chi connectivity index (χ0v) is 13.7. The summed E-state index contributed by atoms with van der Waals surface area (Å²) in [6, 6.07) is 5.81. The fourth-order valence-corrected chi connectivity index (χ4v) is 2.84. The molecule has 23 heavy (non-hydrogen) atoms.